The molecule has 0 bridgehead atoms. The van der Waals surface area contributed by atoms with Crippen molar-refractivity contribution in [3.8, 4) is 5.88 Å². The van der Waals surface area contributed by atoms with Crippen molar-refractivity contribution in [2.24, 2.45) is 0 Å². The molecule has 0 aliphatic carbocycles. The van der Waals surface area contributed by atoms with Crippen molar-refractivity contribution in [2.75, 3.05) is 25.6 Å². The van der Waals surface area contributed by atoms with Crippen molar-refractivity contribution in [1.82, 2.24) is 9.97 Å². The smallest absolute Gasteiger partial charge is 0.433 e. The molecular weight excluding hydrogens is 239 g/mol. The van der Waals surface area contributed by atoms with E-state index in [4.69, 9.17) is 9.84 Å². The van der Waals surface area contributed by atoms with Crippen molar-refractivity contribution >= 4 is 5.95 Å². The van der Waals surface area contributed by atoms with Crippen LogP contribution in [-0.4, -0.2) is 35.3 Å². The minimum atomic E-state index is -4.55. The summed E-state index contributed by atoms with van der Waals surface area (Å²) in [5.74, 6) is -0.344. The fourth-order valence-electron chi connectivity index (χ4n) is 0.997. The van der Waals surface area contributed by atoms with E-state index in [0.717, 1.165) is 6.07 Å². The van der Waals surface area contributed by atoms with Gasteiger partial charge in [-0.15, -0.1) is 0 Å². The third kappa shape index (κ3) is 4.06. The molecule has 2 N–H and O–H groups in total. The summed E-state index contributed by atoms with van der Waals surface area (Å²) in [5, 5.41) is 10.9. The molecular formula is C9H12F3N3O2. The highest BCUT2D eigenvalue weighted by molar-refractivity contribution is 5.31. The molecule has 8 heteroatoms. The third-order valence-corrected chi connectivity index (χ3v) is 1.77. The molecule has 0 aliphatic rings. The Bertz CT molecular complexity index is 371. The number of ether oxygens (including phenoxy) is 1. The second kappa shape index (κ2) is 5.67. The number of aliphatic hydroxyl groups is 1. The topological polar surface area (TPSA) is 67.3 Å². The second-order valence-corrected chi connectivity index (χ2v) is 3.09. The minimum Gasteiger partial charge on any atom is -0.477 e. The molecule has 0 atom stereocenters. The predicted octanol–water partition coefficient (Wildman–Crippen LogP) is 1.30. The van der Waals surface area contributed by atoms with Gasteiger partial charge in [0.2, 0.25) is 11.8 Å². The Morgan fingerprint density at radius 2 is 2.12 bits per heavy atom. The van der Waals surface area contributed by atoms with Crippen LogP contribution in [0.1, 0.15) is 12.1 Å². The van der Waals surface area contributed by atoms with Gasteiger partial charge in [0.25, 0.3) is 0 Å². The molecule has 1 aromatic heterocycles. The number of anilines is 1. The summed E-state index contributed by atoms with van der Waals surface area (Å²) in [6.45, 7) is -0.00986. The van der Waals surface area contributed by atoms with Crippen LogP contribution in [0.4, 0.5) is 19.1 Å². The molecule has 5 nitrogen and oxygen atoms in total. The number of aromatic nitrogens is 2. The Labute approximate surface area is 95.6 Å². The van der Waals surface area contributed by atoms with E-state index < -0.39 is 11.9 Å². The van der Waals surface area contributed by atoms with Crippen LogP contribution in [0.3, 0.4) is 0 Å². The minimum absolute atomic E-state index is 0.0912. The van der Waals surface area contributed by atoms with Crippen LogP contribution in [0.2, 0.25) is 0 Å². The van der Waals surface area contributed by atoms with Gasteiger partial charge in [-0.2, -0.15) is 18.2 Å². The van der Waals surface area contributed by atoms with Crippen LogP contribution in [-0.2, 0) is 6.18 Å². The number of rotatable bonds is 5. The Hall–Kier alpha value is -1.57. The van der Waals surface area contributed by atoms with E-state index in [1.54, 1.807) is 0 Å². The number of nitrogens with one attached hydrogen (secondary N) is 1. The van der Waals surface area contributed by atoms with Crippen molar-refractivity contribution in [3.63, 3.8) is 0 Å². The van der Waals surface area contributed by atoms with Gasteiger partial charge in [-0.3, -0.25) is 0 Å². The average molecular weight is 251 g/mol. The van der Waals surface area contributed by atoms with Crippen molar-refractivity contribution < 1.29 is 23.0 Å². The van der Waals surface area contributed by atoms with E-state index in [0.29, 0.717) is 6.42 Å². The van der Waals surface area contributed by atoms with E-state index in [1.807, 2.05) is 0 Å². The maximum absolute atomic E-state index is 12.5. The molecule has 0 unspecified atom stereocenters. The zero-order valence-electron chi connectivity index (χ0n) is 9.08. The number of hydrogen-bond acceptors (Lipinski definition) is 5. The molecule has 1 aromatic rings. The van der Waals surface area contributed by atoms with Gasteiger partial charge in [-0.25, -0.2) is 4.98 Å². The van der Waals surface area contributed by atoms with Crippen LogP contribution < -0.4 is 10.1 Å². The van der Waals surface area contributed by atoms with E-state index in [-0.39, 0.29) is 25.0 Å². The predicted molar refractivity (Wildman–Crippen MR) is 53.8 cm³/mol. The van der Waals surface area contributed by atoms with Crippen LogP contribution >= 0.6 is 0 Å². The first-order valence-corrected chi connectivity index (χ1v) is 4.85. The molecule has 17 heavy (non-hydrogen) atoms. The van der Waals surface area contributed by atoms with Gasteiger partial charge in [0.05, 0.1) is 6.61 Å². The molecule has 0 saturated carbocycles. The highest BCUT2D eigenvalue weighted by Crippen LogP contribution is 2.30. The molecule has 1 heterocycles. The molecule has 0 amide bonds. The number of hydrogen-bond donors (Lipinski definition) is 2. The molecule has 0 saturated heterocycles. The first-order valence-electron chi connectivity index (χ1n) is 4.85. The largest absolute Gasteiger partial charge is 0.477 e. The third-order valence-electron chi connectivity index (χ3n) is 1.77. The molecule has 0 aliphatic heterocycles. The molecule has 96 valence electrons. The highest BCUT2D eigenvalue weighted by Gasteiger charge is 2.33. The van der Waals surface area contributed by atoms with Crippen molar-refractivity contribution in [3.05, 3.63) is 11.8 Å². The maximum Gasteiger partial charge on any atom is 0.433 e. The zero-order chi connectivity index (χ0) is 12.9. The summed E-state index contributed by atoms with van der Waals surface area (Å²) >= 11 is 0. The van der Waals surface area contributed by atoms with Crippen molar-refractivity contribution in [1.29, 1.82) is 0 Å². The van der Waals surface area contributed by atoms with E-state index >= 15 is 0 Å². The molecule has 0 fully saturated rings. The summed E-state index contributed by atoms with van der Waals surface area (Å²) < 4.78 is 42.4. The standard InChI is InChI=1S/C9H12F3N3O2/c1-13-8-14-6(9(10,11)12)5-7(15-8)17-4-2-3-16/h5,16H,2-4H2,1H3,(H,13,14,15). The SMILES string of the molecule is CNc1nc(OCCCO)cc(C(F)(F)F)n1. The Balaban J connectivity index is 2.89. The van der Waals surface area contributed by atoms with Crippen LogP contribution in [0.25, 0.3) is 0 Å². The number of halogens is 3. The zero-order valence-corrected chi connectivity index (χ0v) is 9.08. The summed E-state index contributed by atoms with van der Waals surface area (Å²) in [7, 11) is 1.41. The molecule has 1 rings (SSSR count). The fraction of sp³-hybridized carbons (Fsp3) is 0.556. The first kappa shape index (κ1) is 13.5. The van der Waals surface area contributed by atoms with Crippen LogP contribution in [0.15, 0.2) is 6.07 Å². The monoisotopic (exact) mass is 251 g/mol. The Morgan fingerprint density at radius 3 is 2.65 bits per heavy atom. The van der Waals surface area contributed by atoms with Crippen molar-refractivity contribution in [2.45, 2.75) is 12.6 Å². The van der Waals surface area contributed by atoms with E-state index in [1.165, 1.54) is 7.05 Å². The highest BCUT2D eigenvalue weighted by atomic mass is 19.4. The normalized spacial score (nSPS) is 11.4. The first-order chi connectivity index (χ1) is 7.97. The van der Waals surface area contributed by atoms with E-state index in [2.05, 4.69) is 15.3 Å². The molecule has 0 aromatic carbocycles. The van der Waals surface area contributed by atoms with Crippen LogP contribution in [0, 0.1) is 0 Å². The maximum atomic E-state index is 12.5. The summed E-state index contributed by atoms with van der Waals surface area (Å²) in [5.41, 5.74) is -1.07. The average Bonchev–Trinajstić information content (AvgIpc) is 2.28. The lowest BCUT2D eigenvalue weighted by Gasteiger charge is -2.10. The Morgan fingerprint density at radius 1 is 1.41 bits per heavy atom. The lowest BCUT2D eigenvalue weighted by atomic mass is 10.4. The van der Waals surface area contributed by atoms with E-state index in [9.17, 15) is 13.2 Å². The van der Waals surface area contributed by atoms with Gasteiger partial charge >= 0.3 is 6.18 Å². The fourth-order valence-corrected chi connectivity index (χ4v) is 0.997. The van der Waals surface area contributed by atoms with Gasteiger partial charge in [0.15, 0.2) is 5.69 Å². The van der Waals surface area contributed by atoms with Gasteiger partial charge in [-0.05, 0) is 0 Å². The van der Waals surface area contributed by atoms with Crippen LogP contribution in [0.5, 0.6) is 5.88 Å². The van der Waals surface area contributed by atoms with Gasteiger partial charge < -0.3 is 15.2 Å². The lowest BCUT2D eigenvalue weighted by Crippen LogP contribution is -2.12. The second-order valence-electron chi connectivity index (χ2n) is 3.09. The molecule has 0 radical (unpaired) electrons. The lowest BCUT2D eigenvalue weighted by molar-refractivity contribution is -0.141. The number of alkyl halides is 3. The summed E-state index contributed by atoms with van der Waals surface area (Å²) in [4.78, 5) is 6.99. The van der Waals surface area contributed by atoms with Gasteiger partial charge in [0, 0.05) is 26.1 Å². The summed E-state index contributed by atoms with van der Waals surface area (Å²) in [6.07, 6.45) is -4.23. The Kier molecular flexibility index (Phi) is 4.50. The number of nitrogens with zero attached hydrogens (tertiary/aromatic N) is 2. The van der Waals surface area contributed by atoms with Gasteiger partial charge in [0.1, 0.15) is 0 Å². The summed E-state index contributed by atoms with van der Waals surface area (Å²) in [6, 6.07) is 0.720. The van der Waals surface area contributed by atoms with Gasteiger partial charge in [-0.1, -0.05) is 0 Å². The quantitative estimate of drug-likeness (QED) is 0.772. The molecule has 0 spiro atoms. The number of aliphatic hydroxyl groups excluding tert-OH is 1.